The summed E-state index contributed by atoms with van der Waals surface area (Å²) in [6, 6.07) is 4.28. The topological polar surface area (TPSA) is 57.1 Å². The fourth-order valence-corrected chi connectivity index (χ4v) is 2.47. The number of pyridine rings is 1. The number of ether oxygens (including phenoxy) is 2. The van der Waals surface area contributed by atoms with E-state index in [-0.39, 0.29) is 16.7 Å². The van der Waals surface area contributed by atoms with E-state index in [1.54, 1.807) is 0 Å². The van der Waals surface area contributed by atoms with Crippen molar-refractivity contribution >= 4 is 11.6 Å². The van der Waals surface area contributed by atoms with Crippen LogP contribution in [0.1, 0.15) is 5.56 Å². The van der Waals surface area contributed by atoms with E-state index in [1.165, 1.54) is 44.2 Å². The van der Waals surface area contributed by atoms with Gasteiger partial charge in [0.2, 0.25) is 5.88 Å². The summed E-state index contributed by atoms with van der Waals surface area (Å²) >= 11 is 6.08. The van der Waals surface area contributed by atoms with E-state index in [0.717, 1.165) is 12.1 Å². The summed E-state index contributed by atoms with van der Waals surface area (Å²) < 4.78 is 48.9. The van der Waals surface area contributed by atoms with Crippen LogP contribution in [-0.4, -0.2) is 22.1 Å². The second-order valence-electron chi connectivity index (χ2n) is 5.07. The van der Waals surface area contributed by atoms with Crippen molar-refractivity contribution in [2.75, 3.05) is 7.11 Å². The van der Waals surface area contributed by atoms with Gasteiger partial charge in [-0.15, -0.1) is 0 Å². The largest absolute Gasteiger partial charge is 0.494 e. The van der Waals surface area contributed by atoms with Crippen molar-refractivity contribution in [1.29, 1.82) is 0 Å². The molecule has 0 aliphatic heterocycles. The summed E-state index contributed by atoms with van der Waals surface area (Å²) in [6.07, 6.45) is 1.24. The minimum Gasteiger partial charge on any atom is -0.494 e. The van der Waals surface area contributed by atoms with Crippen LogP contribution >= 0.6 is 11.6 Å². The molecular formula is C17H11ClF3N3O2. The molecule has 0 aliphatic rings. The molecule has 1 aromatic carbocycles. The maximum Gasteiger partial charge on any atom is 0.416 e. The third kappa shape index (κ3) is 3.70. The Labute approximate surface area is 151 Å². The molecule has 0 aliphatic carbocycles. The highest BCUT2D eigenvalue weighted by molar-refractivity contribution is 6.32. The Morgan fingerprint density at radius 1 is 0.962 bits per heavy atom. The van der Waals surface area contributed by atoms with Crippen LogP contribution in [0.4, 0.5) is 13.2 Å². The first-order valence-corrected chi connectivity index (χ1v) is 7.61. The molecule has 0 amide bonds. The van der Waals surface area contributed by atoms with E-state index >= 15 is 0 Å². The van der Waals surface area contributed by atoms with E-state index in [2.05, 4.69) is 15.0 Å². The van der Waals surface area contributed by atoms with Gasteiger partial charge in [-0.2, -0.15) is 13.2 Å². The first-order valence-electron chi connectivity index (χ1n) is 7.23. The van der Waals surface area contributed by atoms with Gasteiger partial charge in [0.25, 0.3) is 0 Å². The fourth-order valence-electron chi connectivity index (χ4n) is 2.23. The van der Waals surface area contributed by atoms with Crippen LogP contribution in [0.2, 0.25) is 5.02 Å². The average molecular weight is 382 g/mol. The number of benzene rings is 1. The molecule has 134 valence electrons. The van der Waals surface area contributed by atoms with E-state index < -0.39 is 11.7 Å². The highest BCUT2D eigenvalue weighted by atomic mass is 35.5. The lowest BCUT2D eigenvalue weighted by Gasteiger charge is -2.13. The number of nitrogens with zero attached hydrogens (tertiary/aromatic N) is 3. The first kappa shape index (κ1) is 17.9. The molecule has 3 rings (SSSR count). The van der Waals surface area contributed by atoms with Crippen molar-refractivity contribution in [1.82, 2.24) is 15.0 Å². The van der Waals surface area contributed by atoms with Crippen LogP contribution in [0.15, 0.2) is 49.2 Å². The van der Waals surface area contributed by atoms with Crippen molar-refractivity contribution in [3.05, 3.63) is 59.8 Å². The zero-order valence-corrected chi connectivity index (χ0v) is 14.0. The lowest BCUT2D eigenvalue weighted by atomic mass is 10.1. The molecule has 0 spiro atoms. The quantitative estimate of drug-likeness (QED) is 0.635. The molecule has 2 heterocycles. The van der Waals surface area contributed by atoms with Crippen LogP contribution in [0, 0.1) is 0 Å². The van der Waals surface area contributed by atoms with E-state index in [1.807, 2.05) is 0 Å². The summed E-state index contributed by atoms with van der Waals surface area (Å²) in [5, 5.41) is 0.286. The fraction of sp³-hybridized carbons (Fsp3) is 0.118. The smallest absolute Gasteiger partial charge is 0.416 e. The molecule has 0 atom stereocenters. The SMILES string of the molecule is COc1c(Cl)cncc1-c1cncnc1Oc1ccc(C(F)(F)F)cc1. The van der Waals surface area contributed by atoms with Gasteiger partial charge in [0.05, 0.1) is 23.8 Å². The van der Waals surface area contributed by atoms with Crippen molar-refractivity contribution < 1.29 is 22.6 Å². The standard InChI is InChI=1S/C17H11ClF3N3O2/c1-25-15-12(6-22-8-14(15)18)13-7-23-9-24-16(13)26-11-4-2-10(3-5-11)17(19,20)21/h2-9H,1H3. The van der Waals surface area contributed by atoms with E-state index in [0.29, 0.717) is 16.9 Å². The normalized spacial score (nSPS) is 11.3. The maximum atomic E-state index is 12.7. The lowest BCUT2D eigenvalue weighted by Crippen LogP contribution is -2.04. The van der Waals surface area contributed by atoms with Crippen LogP contribution in [0.25, 0.3) is 11.1 Å². The maximum absolute atomic E-state index is 12.7. The van der Waals surface area contributed by atoms with Gasteiger partial charge >= 0.3 is 6.18 Å². The van der Waals surface area contributed by atoms with Crippen LogP contribution in [0.3, 0.4) is 0 Å². The number of hydrogen-bond donors (Lipinski definition) is 0. The van der Waals surface area contributed by atoms with Gasteiger partial charge in [-0.3, -0.25) is 4.98 Å². The van der Waals surface area contributed by atoms with Crippen molar-refractivity contribution in [2.24, 2.45) is 0 Å². The summed E-state index contributed by atoms with van der Waals surface area (Å²) in [6.45, 7) is 0. The van der Waals surface area contributed by atoms with Gasteiger partial charge in [-0.05, 0) is 24.3 Å². The number of aromatic nitrogens is 3. The minimum atomic E-state index is -4.42. The highest BCUT2D eigenvalue weighted by Crippen LogP contribution is 2.39. The number of methoxy groups -OCH3 is 1. The predicted octanol–water partition coefficient (Wildman–Crippen LogP) is 5.01. The van der Waals surface area contributed by atoms with Crippen molar-refractivity contribution in [2.45, 2.75) is 6.18 Å². The third-order valence-electron chi connectivity index (χ3n) is 3.42. The second-order valence-corrected chi connectivity index (χ2v) is 5.48. The zero-order valence-electron chi connectivity index (χ0n) is 13.3. The molecule has 0 saturated heterocycles. The number of alkyl halides is 3. The first-order chi connectivity index (χ1) is 12.4. The molecule has 0 fully saturated rings. The van der Waals surface area contributed by atoms with Crippen LogP contribution in [-0.2, 0) is 6.18 Å². The lowest BCUT2D eigenvalue weighted by molar-refractivity contribution is -0.137. The Morgan fingerprint density at radius 2 is 1.65 bits per heavy atom. The minimum absolute atomic E-state index is 0.127. The van der Waals surface area contributed by atoms with Crippen molar-refractivity contribution in [3.8, 4) is 28.5 Å². The van der Waals surface area contributed by atoms with Crippen LogP contribution < -0.4 is 9.47 Å². The molecule has 0 radical (unpaired) electrons. The van der Waals surface area contributed by atoms with Gasteiger partial charge in [0, 0.05) is 18.6 Å². The zero-order chi connectivity index (χ0) is 18.7. The van der Waals surface area contributed by atoms with Crippen molar-refractivity contribution in [3.63, 3.8) is 0 Å². The molecule has 0 N–H and O–H groups in total. The number of hydrogen-bond acceptors (Lipinski definition) is 5. The Hall–Kier alpha value is -2.87. The average Bonchev–Trinajstić information content (AvgIpc) is 2.62. The molecule has 5 nitrogen and oxygen atoms in total. The molecule has 0 unspecified atom stereocenters. The molecule has 0 saturated carbocycles. The summed E-state index contributed by atoms with van der Waals surface area (Å²) in [5.41, 5.74) is 0.148. The second kappa shape index (κ2) is 7.17. The predicted molar refractivity (Wildman–Crippen MR) is 88.3 cm³/mol. The summed E-state index contributed by atoms with van der Waals surface area (Å²) in [7, 11) is 1.45. The molecule has 9 heteroatoms. The van der Waals surface area contributed by atoms with Gasteiger partial charge < -0.3 is 9.47 Å². The van der Waals surface area contributed by atoms with Gasteiger partial charge in [0.15, 0.2) is 0 Å². The van der Waals surface area contributed by atoms with Gasteiger partial charge in [-0.1, -0.05) is 11.6 Å². The monoisotopic (exact) mass is 381 g/mol. The Morgan fingerprint density at radius 3 is 2.31 bits per heavy atom. The third-order valence-corrected chi connectivity index (χ3v) is 3.69. The van der Waals surface area contributed by atoms with E-state index in [9.17, 15) is 13.2 Å². The molecular weight excluding hydrogens is 371 g/mol. The highest BCUT2D eigenvalue weighted by Gasteiger charge is 2.30. The Bertz CT molecular complexity index is 918. The van der Waals surface area contributed by atoms with Gasteiger partial charge in [-0.25, -0.2) is 9.97 Å². The Balaban J connectivity index is 1.97. The Kier molecular flexibility index (Phi) is 4.94. The molecule has 2 aromatic heterocycles. The molecule has 26 heavy (non-hydrogen) atoms. The molecule has 3 aromatic rings. The van der Waals surface area contributed by atoms with Crippen LogP contribution in [0.5, 0.6) is 17.4 Å². The molecule has 0 bridgehead atoms. The van der Waals surface area contributed by atoms with Gasteiger partial charge in [0.1, 0.15) is 22.8 Å². The number of rotatable bonds is 4. The van der Waals surface area contributed by atoms with E-state index in [4.69, 9.17) is 21.1 Å². The summed E-state index contributed by atoms with van der Waals surface area (Å²) in [5.74, 6) is 0.669. The summed E-state index contributed by atoms with van der Waals surface area (Å²) in [4.78, 5) is 12.0. The number of halogens is 4.